The third-order valence-corrected chi connectivity index (χ3v) is 3.59. The maximum absolute atomic E-state index is 6.08. The average Bonchev–Trinajstić information content (AvgIpc) is 2.74. The average molecular weight is 288 g/mol. The first kappa shape index (κ1) is 16.1. The quantitative estimate of drug-likeness (QED) is 0.865. The summed E-state index contributed by atoms with van der Waals surface area (Å²) in [4.78, 5) is 2.36. The van der Waals surface area contributed by atoms with Crippen LogP contribution in [0.2, 0.25) is 0 Å². The first-order valence-electron chi connectivity index (χ1n) is 7.83. The summed E-state index contributed by atoms with van der Waals surface area (Å²) in [6.45, 7) is 11.6. The third kappa shape index (κ3) is 4.32. The molecule has 2 aromatic rings. The van der Waals surface area contributed by atoms with Gasteiger partial charge in [0, 0.05) is 23.0 Å². The van der Waals surface area contributed by atoms with Crippen LogP contribution in [0.5, 0.6) is 0 Å². The van der Waals surface area contributed by atoms with Gasteiger partial charge >= 0.3 is 0 Å². The van der Waals surface area contributed by atoms with Gasteiger partial charge in [-0.05, 0) is 46.9 Å². The van der Waals surface area contributed by atoms with Crippen LogP contribution >= 0.6 is 0 Å². The second kappa shape index (κ2) is 6.63. The SMILES string of the molecule is CCCN(C)Cc1c(CNC(C)(C)C)oc2ccccc12. The molecule has 2 rings (SSSR count). The highest BCUT2D eigenvalue weighted by Gasteiger charge is 2.17. The summed E-state index contributed by atoms with van der Waals surface area (Å²) in [6.07, 6.45) is 1.17. The molecule has 1 aromatic heterocycles. The van der Waals surface area contributed by atoms with Gasteiger partial charge in [-0.15, -0.1) is 0 Å². The molecule has 0 fully saturated rings. The Balaban J connectivity index is 2.29. The summed E-state index contributed by atoms with van der Waals surface area (Å²) in [5.74, 6) is 1.06. The summed E-state index contributed by atoms with van der Waals surface area (Å²) >= 11 is 0. The molecule has 0 aliphatic heterocycles. The van der Waals surface area contributed by atoms with E-state index in [9.17, 15) is 0 Å². The topological polar surface area (TPSA) is 28.4 Å². The zero-order valence-electron chi connectivity index (χ0n) is 14.0. The molecule has 0 unspecified atom stereocenters. The number of nitrogens with one attached hydrogen (secondary N) is 1. The minimum atomic E-state index is 0.0889. The van der Waals surface area contributed by atoms with E-state index < -0.39 is 0 Å². The molecule has 0 atom stereocenters. The monoisotopic (exact) mass is 288 g/mol. The van der Waals surface area contributed by atoms with Crippen molar-refractivity contribution in [3.8, 4) is 0 Å². The Bertz CT molecular complexity index is 580. The molecule has 1 N–H and O–H groups in total. The second-order valence-corrected chi connectivity index (χ2v) is 6.84. The highest BCUT2D eigenvalue weighted by molar-refractivity contribution is 5.82. The van der Waals surface area contributed by atoms with E-state index in [1.807, 2.05) is 6.07 Å². The summed E-state index contributed by atoms with van der Waals surface area (Å²) in [6, 6.07) is 8.34. The minimum absolute atomic E-state index is 0.0889. The van der Waals surface area contributed by atoms with Gasteiger partial charge in [0.1, 0.15) is 11.3 Å². The van der Waals surface area contributed by atoms with Gasteiger partial charge in [0.25, 0.3) is 0 Å². The minimum Gasteiger partial charge on any atom is -0.459 e. The molecule has 0 spiro atoms. The van der Waals surface area contributed by atoms with Crippen molar-refractivity contribution < 1.29 is 4.42 Å². The van der Waals surface area contributed by atoms with Crippen LogP contribution in [0.3, 0.4) is 0 Å². The van der Waals surface area contributed by atoms with Crippen LogP contribution in [0.25, 0.3) is 11.0 Å². The lowest BCUT2D eigenvalue weighted by Crippen LogP contribution is -2.35. The maximum atomic E-state index is 6.08. The van der Waals surface area contributed by atoms with Crippen molar-refractivity contribution in [1.82, 2.24) is 10.2 Å². The van der Waals surface area contributed by atoms with Crippen LogP contribution in [0, 0.1) is 0 Å². The van der Waals surface area contributed by atoms with E-state index in [1.54, 1.807) is 0 Å². The zero-order valence-corrected chi connectivity index (χ0v) is 14.0. The molecule has 0 saturated heterocycles. The van der Waals surface area contributed by atoms with Crippen molar-refractivity contribution in [3.63, 3.8) is 0 Å². The van der Waals surface area contributed by atoms with E-state index in [1.165, 1.54) is 17.4 Å². The van der Waals surface area contributed by atoms with Crippen molar-refractivity contribution in [2.45, 2.75) is 52.7 Å². The van der Waals surface area contributed by atoms with Gasteiger partial charge in [-0.2, -0.15) is 0 Å². The molecule has 0 aliphatic rings. The zero-order chi connectivity index (χ0) is 15.5. The molecule has 3 heteroatoms. The van der Waals surface area contributed by atoms with Crippen LogP contribution < -0.4 is 5.32 Å². The first-order valence-corrected chi connectivity index (χ1v) is 7.83. The normalized spacial score (nSPS) is 12.5. The number of furan rings is 1. The summed E-state index contributed by atoms with van der Waals surface area (Å²) < 4.78 is 6.08. The highest BCUT2D eigenvalue weighted by atomic mass is 16.3. The fraction of sp³-hybridized carbons (Fsp3) is 0.556. The number of fused-ring (bicyclic) bond motifs is 1. The van der Waals surface area contributed by atoms with E-state index in [-0.39, 0.29) is 5.54 Å². The van der Waals surface area contributed by atoms with Crippen LogP contribution in [-0.4, -0.2) is 24.0 Å². The third-order valence-electron chi connectivity index (χ3n) is 3.59. The lowest BCUT2D eigenvalue weighted by Gasteiger charge is -2.21. The number of nitrogens with zero attached hydrogens (tertiary/aromatic N) is 1. The summed E-state index contributed by atoms with van der Waals surface area (Å²) in [5.41, 5.74) is 2.40. The Morgan fingerprint density at radius 3 is 2.57 bits per heavy atom. The van der Waals surface area contributed by atoms with E-state index in [2.05, 4.69) is 63.2 Å². The molecule has 0 amide bonds. The van der Waals surface area contributed by atoms with Crippen LogP contribution in [-0.2, 0) is 13.1 Å². The van der Waals surface area contributed by atoms with Crippen molar-refractivity contribution in [2.24, 2.45) is 0 Å². The van der Waals surface area contributed by atoms with Crippen LogP contribution in [0.1, 0.15) is 45.4 Å². The van der Waals surface area contributed by atoms with Gasteiger partial charge in [-0.1, -0.05) is 25.1 Å². The molecular weight excluding hydrogens is 260 g/mol. The molecule has 1 aromatic carbocycles. The lowest BCUT2D eigenvalue weighted by atomic mass is 10.1. The van der Waals surface area contributed by atoms with Crippen LogP contribution in [0.15, 0.2) is 28.7 Å². The number of benzene rings is 1. The molecule has 21 heavy (non-hydrogen) atoms. The predicted octanol–water partition coefficient (Wildman–Crippen LogP) is 4.16. The molecular formula is C18H28N2O. The van der Waals surface area contributed by atoms with E-state index in [4.69, 9.17) is 4.42 Å². The molecule has 1 heterocycles. The van der Waals surface area contributed by atoms with Crippen molar-refractivity contribution in [3.05, 3.63) is 35.6 Å². The Morgan fingerprint density at radius 1 is 1.19 bits per heavy atom. The van der Waals surface area contributed by atoms with E-state index in [0.29, 0.717) is 0 Å². The Labute approximate surface area is 128 Å². The summed E-state index contributed by atoms with van der Waals surface area (Å²) in [5, 5.41) is 4.77. The van der Waals surface area contributed by atoms with Gasteiger partial charge < -0.3 is 14.6 Å². The van der Waals surface area contributed by atoms with E-state index in [0.717, 1.165) is 31.0 Å². The number of hydrogen-bond donors (Lipinski definition) is 1. The molecule has 3 nitrogen and oxygen atoms in total. The second-order valence-electron chi connectivity index (χ2n) is 6.84. The fourth-order valence-electron chi connectivity index (χ4n) is 2.54. The largest absolute Gasteiger partial charge is 0.459 e. The first-order chi connectivity index (χ1) is 9.90. The van der Waals surface area contributed by atoms with Crippen molar-refractivity contribution in [2.75, 3.05) is 13.6 Å². The number of para-hydroxylation sites is 1. The molecule has 0 radical (unpaired) electrons. The van der Waals surface area contributed by atoms with Crippen molar-refractivity contribution >= 4 is 11.0 Å². The van der Waals surface area contributed by atoms with Gasteiger partial charge in [-0.3, -0.25) is 0 Å². The molecule has 0 saturated carbocycles. The van der Waals surface area contributed by atoms with Gasteiger partial charge in [0.2, 0.25) is 0 Å². The van der Waals surface area contributed by atoms with Crippen LogP contribution in [0.4, 0.5) is 0 Å². The molecule has 116 valence electrons. The molecule has 0 bridgehead atoms. The van der Waals surface area contributed by atoms with Gasteiger partial charge in [0.05, 0.1) is 6.54 Å². The van der Waals surface area contributed by atoms with Gasteiger partial charge in [0.15, 0.2) is 0 Å². The maximum Gasteiger partial charge on any atom is 0.134 e. The predicted molar refractivity (Wildman–Crippen MR) is 89.4 cm³/mol. The number of hydrogen-bond acceptors (Lipinski definition) is 3. The lowest BCUT2D eigenvalue weighted by molar-refractivity contribution is 0.321. The summed E-state index contributed by atoms with van der Waals surface area (Å²) in [7, 11) is 2.17. The fourth-order valence-corrected chi connectivity index (χ4v) is 2.54. The molecule has 0 aliphatic carbocycles. The Kier molecular flexibility index (Phi) is 5.07. The van der Waals surface area contributed by atoms with Gasteiger partial charge in [-0.25, -0.2) is 0 Å². The van der Waals surface area contributed by atoms with Crippen molar-refractivity contribution in [1.29, 1.82) is 0 Å². The highest BCUT2D eigenvalue weighted by Crippen LogP contribution is 2.27. The number of rotatable bonds is 6. The van der Waals surface area contributed by atoms with E-state index >= 15 is 0 Å². The Morgan fingerprint density at radius 2 is 1.90 bits per heavy atom. The smallest absolute Gasteiger partial charge is 0.134 e. The standard InChI is InChI=1S/C18H28N2O/c1-6-11-20(5)13-15-14-9-7-8-10-16(14)21-17(15)12-19-18(2,3)4/h7-10,19H,6,11-13H2,1-5H3. The Hall–Kier alpha value is -1.32.